The molecule has 0 aliphatic carbocycles. The van der Waals surface area contributed by atoms with Gasteiger partial charge in [0.05, 0.1) is 24.5 Å². The van der Waals surface area contributed by atoms with Gasteiger partial charge in [0.1, 0.15) is 11.5 Å². The number of hydrogen-bond acceptors (Lipinski definition) is 6. The minimum Gasteiger partial charge on any atom is -0.387 e. The molecule has 3 rings (SSSR count). The van der Waals surface area contributed by atoms with E-state index in [2.05, 4.69) is 63.1 Å². The van der Waals surface area contributed by atoms with Gasteiger partial charge in [0.2, 0.25) is 0 Å². The van der Waals surface area contributed by atoms with Crippen LogP contribution in [0, 0.1) is 11.8 Å². The van der Waals surface area contributed by atoms with Gasteiger partial charge in [0, 0.05) is 25.4 Å². The van der Waals surface area contributed by atoms with E-state index in [-0.39, 0.29) is 6.54 Å². The number of anilines is 1. The highest BCUT2D eigenvalue weighted by Gasteiger charge is 2.22. The molecule has 2 heterocycles. The van der Waals surface area contributed by atoms with Crippen molar-refractivity contribution in [3.63, 3.8) is 0 Å². The predicted molar refractivity (Wildman–Crippen MR) is 127 cm³/mol. The van der Waals surface area contributed by atoms with Crippen LogP contribution in [0.5, 0.6) is 0 Å². The van der Waals surface area contributed by atoms with Crippen molar-refractivity contribution in [3.8, 4) is 11.4 Å². The van der Waals surface area contributed by atoms with Crippen LogP contribution in [0.25, 0.3) is 17.1 Å². The molecule has 3 aromatic rings. The fourth-order valence-corrected chi connectivity index (χ4v) is 3.51. The van der Waals surface area contributed by atoms with Crippen molar-refractivity contribution in [3.05, 3.63) is 76.6 Å². The molecular formula is C24H30N6O. The van der Waals surface area contributed by atoms with Crippen LogP contribution in [0.3, 0.4) is 0 Å². The molecule has 0 spiro atoms. The van der Waals surface area contributed by atoms with Crippen molar-refractivity contribution < 1.29 is 0 Å². The topological polar surface area (TPSA) is 84.2 Å². The van der Waals surface area contributed by atoms with Crippen LogP contribution in [-0.2, 0) is 13.0 Å². The molecule has 7 heteroatoms. The summed E-state index contributed by atoms with van der Waals surface area (Å²) in [5.74, 6) is 1.60. The molecule has 0 fully saturated rings. The Labute approximate surface area is 183 Å². The average molecular weight is 419 g/mol. The van der Waals surface area contributed by atoms with E-state index in [1.54, 1.807) is 0 Å². The summed E-state index contributed by atoms with van der Waals surface area (Å²) < 4.78 is 2.16. The molecule has 0 aliphatic rings. The second-order valence-electron chi connectivity index (χ2n) is 7.42. The number of benzene rings is 1. The fourth-order valence-electron chi connectivity index (χ4n) is 3.51. The molecule has 0 saturated carbocycles. The maximum Gasteiger partial charge on any atom is 0.154 e. The number of rotatable bonds is 11. The van der Waals surface area contributed by atoms with Crippen molar-refractivity contribution in [1.82, 2.24) is 19.9 Å². The predicted octanol–water partition coefficient (Wildman–Crippen LogP) is 4.62. The first-order valence-electron chi connectivity index (χ1n) is 10.6. The highest BCUT2D eigenvalue weighted by Crippen LogP contribution is 2.32. The van der Waals surface area contributed by atoms with E-state index in [9.17, 15) is 4.91 Å². The smallest absolute Gasteiger partial charge is 0.154 e. The molecule has 2 N–H and O–H groups in total. The van der Waals surface area contributed by atoms with Gasteiger partial charge in [-0.1, -0.05) is 49.0 Å². The Kier molecular flexibility index (Phi) is 7.54. The third-order valence-corrected chi connectivity index (χ3v) is 5.21. The average Bonchev–Trinajstić information content (AvgIpc) is 3.15. The van der Waals surface area contributed by atoms with Gasteiger partial charge in [-0.25, -0.2) is 4.98 Å². The SMILES string of the molecule is C=C(NC)c1c(NCCCN=O)nc(-c2ccccc2CC)n1Cc1ccc(C)cn1. The molecule has 0 amide bonds. The lowest BCUT2D eigenvalue weighted by atomic mass is 10.0. The number of pyridine rings is 1. The summed E-state index contributed by atoms with van der Waals surface area (Å²) in [6.45, 7) is 9.83. The molecule has 2 aromatic heterocycles. The summed E-state index contributed by atoms with van der Waals surface area (Å²) in [6.07, 6.45) is 3.42. The Morgan fingerprint density at radius 1 is 1.23 bits per heavy atom. The maximum absolute atomic E-state index is 10.5. The standard InChI is InChI=1S/C24H30N6O/c1-5-19-9-6-7-10-21(19)24-29-23(26-13-8-14-28-31)22(18(3)25-4)30(24)16-20-12-11-17(2)15-27-20/h6-7,9-12,15,25-26H,3,5,8,13-14,16H2,1-2,4H3. The second kappa shape index (κ2) is 10.5. The Morgan fingerprint density at radius 2 is 2.03 bits per heavy atom. The Balaban J connectivity index is 2.14. The van der Waals surface area contributed by atoms with Crippen LogP contribution in [0.15, 0.2) is 54.4 Å². The van der Waals surface area contributed by atoms with Crippen LogP contribution < -0.4 is 10.6 Å². The fraction of sp³-hybridized carbons (Fsp3) is 0.333. The lowest BCUT2D eigenvalue weighted by Gasteiger charge is -2.16. The van der Waals surface area contributed by atoms with E-state index in [0.717, 1.165) is 46.3 Å². The summed E-state index contributed by atoms with van der Waals surface area (Å²) in [5, 5.41) is 9.48. The highest BCUT2D eigenvalue weighted by atomic mass is 16.3. The van der Waals surface area contributed by atoms with Gasteiger partial charge in [0.15, 0.2) is 5.82 Å². The van der Waals surface area contributed by atoms with Crippen LogP contribution in [-0.4, -0.2) is 34.7 Å². The number of aryl methyl sites for hydroxylation is 2. The van der Waals surface area contributed by atoms with E-state index < -0.39 is 0 Å². The summed E-state index contributed by atoms with van der Waals surface area (Å²) in [6, 6.07) is 12.4. The van der Waals surface area contributed by atoms with Gasteiger partial charge in [0.25, 0.3) is 0 Å². The van der Waals surface area contributed by atoms with Crippen LogP contribution in [0.1, 0.15) is 35.9 Å². The van der Waals surface area contributed by atoms with Crippen molar-refractivity contribution in [2.24, 2.45) is 5.18 Å². The van der Waals surface area contributed by atoms with E-state index in [1.165, 1.54) is 5.56 Å². The third kappa shape index (κ3) is 5.17. The number of nitroso groups, excluding NO2 is 1. The molecule has 7 nitrogen and oxygen atoms in total. The number of hydrogen-bond donors (Lipinski definition) is 2. The van der Waals surface area contributed by atoms with Crippen molar-refractivity contribution in [2.75, 3.05) is 25.5 Å². The molecular weight excluding hydrogens is 388 g/mol. The minimum atomic E-state index is 0.273. The first-order valence-corrected chi connectivity index (χ1v) is 10.6. The molecule has 0 radical (unpaired) electrons. The third-order valence-electron chi connectivity index (χ3n) is 5.21. The van der Waals surface area contributed by atoms with E-state index >= 15 is 0 Å². The quantitative estimate of drug-likeness (QED) is 0.351. The number of aromatic nitrogens is 3. The largest absolute Gasteiger partial charge is 0.387 e. The van der Waals surface area contributed by atoms with Gasteiger partial charge in [-0.2, -0.15) is 4.91 Å². The van der Waals surface area contributed by atoms with E-state index in [1.807, 2.05) is 32.3 Å². The molecule has 0 bridgehead atoms. The summed E-state index contributed by atoms with van der Waals surface area (Å²) in [7, 11) is 1.85. The van der Waals surface area contributed by atoms with Crippen LogP contribution in [0.4, 0.5) is 5.82 Å². The van der Waals surface area contributed by atoms with Crippen molar-refractivity contribution in [1.29, 1.82) is 0 Å². The van der Waals surface area contributed by atoms with E-state index in [4.69, 9.17) is 4.98 Å². The highest BCUT2D eigenvalue weighted by molar-refractivity contribution is 5.75. The zero-order valence-corrected chi connectivity index (χ0v) is 18.5. The number of imidazole rings is 1. The maximum atomic E-state index is 10.5. The Bertz CT molecular complexity index is 1040. The van der Waals surface area contributed by atoms with Crippen LogP contribution in [0.2, 0.25) is 0 Å². The van der Waals surface area contributed by atoms with Gasteiger partial charge in [-0.05, 0) is 37.0 Å². The normalized spacial score (nSPS) is 10.7. The van der Waals surface area contributed by atoms with Gasteiger partial charge in [-0.3, -0.25) is 4.98 Å². The molecule has 0 atom stereocenters. The second-order valence-corrected chi connectivity index (χ2v) is 7.42. The minimum absolute atomic E-state index is 0.273. The zero-order valence-electron chi connectivity index (χ0n) is 18.5. The van der Waals surface area contributed by atoms with Crippen molar-refractivity contribution in [2.45, 2.75) is 33.2 Å². The lowest BCUT2D eigenvalue weighted by molar-refractivity contribution is 0.765. The Morgan fingerprint density at radius 3 is 2.71 bits per heavy atom. The van der Waals surface area contributed by atoms with E-state index in [0.29, 0.717) is 19.5 Å². The number of nitrogens with zero attached hydrogens (tertiary/aromatic N) is 4. The van der Waals surface area contributed by atoms with Gasteiger partial charge < -0.3 is 15.2 Å². The molecule has 162 valence electrons. The summed E-state index contributed by atoms with van der Waals surface area (Å²) >= 11 is 0. The zero-order chi connectivity index (χ0) is 22.2. The first kappa shape index (κ1) is 22.2. The van der Waals surface area contributed by atoms with Gasteiger partial charge in [-0.15, -0.1) is 0 Å². The molecule has 0 unspecified atom stereocenters. The molecule has 1 aromatic carbocycles. The summed E-state index contributed by atoms with van der Waals surface area (Å²) in [5.41, 5.74) is 6.02. The Hall–Kier alpha value is -3.48. The monoisotopic (exact) mass is 418 g/mol. The first-order chi connectivity index (χ1) is 15.1. The molecule has 0 saturated heterocycles. The number of nitrogens with one attached hydrogen (secondary N) is 2. The summed E-state index contributed by atoms with van der Waals surface area (Å²) in [4.78, 5) is 20.0. The van der Waals surface area contributed by atoms with Gasteiger partial charge >= 0.3 is 0 Å². The molecule has 0 aliphatic heterocycles. The van der Waals surface area contributed by atoms with Crippen molar-refractivity contribution >= 4 is 11.5 Å². The molecule has 31 heavy (non-hydrogen) atoms. The van der Waals surface area contributed by atoms with Crippen LogP contribution >= 0.6 is 0 Å². The lowest BCUT2D eigenvalue weighted by Crippen LogP contribution is -2.14.